The molecule has 1 aliphatic carbocycles. The molecule has 110 valence electrons. The number of pyridine rings is 1. The maximum Gasteiger partial charge on any atom is 0.0751 e. The first-order valence-electron chi connectivity index (χ1n) is 8.04. The first kappa shape index (κ1) is 14.3. The van der Waals surface area contributed by atoms with Crippen molar-refractivity contribution in [3.8, 4) is 0 Å². The van der Waals surface area contributed by atoms with Gasteiger partial charge in [-0.1, -0.05) is 43.7 Å². The number of nitrogens with zero attached hydrogens (tertiary/aromatic N) is 1. The van der Waals surface area contributed by atoms with E-state index in [1.54, 1.807) is 0 Å². The lowest BCUT2D eigenvalue weighted by molar-refractivity contribution is 0.419. The normalized spacial score (nSPS) is 16.5. The third kappa shape index (κ3) is 3.16. The smallest absolute Gasteiger partial charge is 0.0751 e. The molecule has 2 heteroatoms. The largest absolute Gasteiger partial charge is 0.305 e. The Morgan fingerprint density at radius 2 is 1.90 bits per heavy atom. The molecule has 2 nitrogen and oxygen atoms in total. The van der Waals surface area contributed by atoms with Gasteiger partial charge < -0.3 is 5.32 Å². The van der Waals surface area contributed by atoms with Crippen molar-refractivity contribution in [2.45, 2.75) is 45.1 Å². The van der Waals surface area contributed by atoms with Crippen LogP contribution in [-0.2, 0) is 0 Å². The minimum atomic E-state index is 0.186. The Hall–Kier alpha value is -1.67. The molecule has 0 saturated heterocycles. The number of hydrogen-bond acceptors (Lipinski definition) is 2. The predicted octanol–water partition coefficient (Wildman–Crippen LogP) is 4.36. The summed E-state index contributed by atoms with van der Waals surface area (Å²) in [6.07, 6.45) is 4.10. The van der Waals surface area contributed by atoms with Gasteiger partial charge in [-0.25, -0.2) is 0 Å². The molecule has 0 spiro atoms. The van der Waals surface area contributed by atoms with Crippen LogP contribution in [0.25, 0.3) is 0 Å². The number of hydrogen-bond donors (Lipinski definition) is 1. The van der Waals surface area contributed by atoms with Gasteiger partial charge in [0.2, 0.25) is 0 Å². The molecule has 1 N–H and O–H groups in total. The van der Waals surface area contributed by atoms with Gasteiger partial charge in [0.05, 0.1) is 11.7 Å². The lowest BCUT2D eigenvalue weighted by Gasteiger charge is -2.26. The Morgan fingerprint density at radius 3 is 2.48 bits per heavy atom. The van der Waals surface area contributed by atoms with E-state index in [2.05, 4.69) is 48.6 Å². The van der Waals surface area contributed by atoms with E-state index in [1.807, 2.05) is 13.0 Å². The topological polar surface area (TPSA) is 24.9 Å². The molecule has 1 aliphatic rings. The van der Waals surface area contributed by atoms with Crippen molar-refractivity contribution in [2.75, 3.05) is 6.54 Å². The lowest BCUT2D eigenvalue weighted by atomic mass is 9.80. The van der Waals surface area contributed by atoms with Gasteiger partial charge >= 0.3 is 0 Å². The van der Waals surface area contributed by atoms with Crippen molar-refractivity contribution < 1.29 is 0 Å². The first-order valence-corrected chi connectivity index (χ1v) is 8.04. The third-order valence-corrected chi connectivity index (χ3v) is 4.46. The van der Waals surface area contributed by atoms with Crippen molar-refractivity contribution in [3.63, 3.8) is 0 Å². The Labute approximate surface area is 127 Å². The molecule has 2 aromatic rings. The zero-order chi connectivity index (χ0) is 14.7. The summed E-state index contributed by atoms with van der Waals surface area (Å²) in [7, 11) is 0. The molecular formula is C19H24N2. The van der Waals surface area contributed by atoms with Crippen LogP contribution >= 0.6 is 0 Å². The standard InChI is InChI=1S/C19H24N2/c1-3-20-19(18-9-4-6-14(2)21-18)17-12-10-16(11-13-17)15-7-5-8-15/h4,6,9-13,15,19-20H,3,5,7-8H2,1-2H3. The summed E-state index contributed by atoms with van der Waals surface area (Å²) in [5, 5.41) is 3.56. The number of rotatable bonds is 5. The zero-order valence-corrected chi connectivity index (χ0v) is 13.0. The molecule has 3 rings (SSSR count). The molecule has 1 aromatic heterocycles. The summed E-state index contributed by atoms with van der Waals surface area (Å²) in [5.74, 6) is 0.800. The highest BCUT2D eigenvalue weighted by Gasteiger charge is 2.20. The average molecular weight is 280 g/mol. The molecule has 1 fully saturated rings. The monoisotopic (exact) mass is 280 g/mol. The van der Waals surface area contributed by atoms with Gasteiger partial charge in [-0.3, -0.25) is 4.98 Å². The molecule has 21 heavy (non-hydrogen) atoms. The van der Waals surface area contributed by atoms with E-state index in [0.717, 1.165) is 23.9 Å². The second-order valence-corrected chi connectivity index (χ2v) is 5.99. The van der Waals surface area contributed by atoms with E-state index >= 15 is 0 Å². The lowest BCUT2D eigenvalue weighted by Crippen LogP contribution is -2.23. The molecule has 0 bridgehead atoms. The van der Waals surface area contributed by atoms with Crippen LogP contribution < -0.4 is 5.32 Å². The minimum Gasteiger partial charge on any atom is -0.305 e. The summed E-state index contributed by atoms with van der Waals surface area (Å²) < 4.78 is 0. The molecule has 1 heterocycles. The maximum absolute atomic E-state index is 4.69. The van der Waals surface area contributed by atoms with Gasteiger partial charge in [0.1, 0.15) is 0 Å². The van der Waals surface area contributed by atoms with Gasteiger partial charge in [0, 0.05) is 5.69 Å². The number of nitrogens with one attached hydrogen (secondary N) is 1. The summed E-state index contributed by atoms with van der Waals surface area (Å²) in [6, 6.07) is 15.6. The van der Waals surface area contributed by atoms with Crippen molar-refractivity contribution in [3.05, 3.63) is 65.0 Å². The van der Waals surface area contributed by atoms with Crippen LogP contribution in [0.3, 0.4) is 0 Å². The minimum absolute atomic E-state index is 0.186. The fourth-order valence-electron chi connectivity index (χ4n) is 3.02. The first-order chi connectivity index (χ1) is 10.3. The molecule has 0 aliphatic heterocycles. The van der Waals surface area contributed by atoms with E-state index in [1.165, 1.54) is 30.4 Å². The number of aromatic nitrogens is 1. The summed E-state index contributed by atoms with van der Waals surface area (Å²) in [6.45, 7) is 5.13. The van der Waals surface area contributed by atoms with Crippen molar-refractivity contribution >= 4 is 0 Å². The molecule has 1 unspecified atom stereocenters. The van der Waals surface area contributed by atoms with Crippen LogP contribution in [-0.4, -0.2) is 11.5 Å². The zero-order valence-electron chi connectivity index (χ0n) is 13.0. The van der Waals surface area contributed by atoms with Gasteiger partial charge in [-0.05, 0) is 55.5 Å². The van der Waals surface area contributed by atoms with Crippen molar-refractivity contribution in [2.24, 2.45) is 0 Å². The summed E-state index contributed by atoms with van der Waals surface area (Å²) in [5.41, 5.74) is 4.98. The SMILES string of the molecule is CCNC(c1ccc(C2CCC2)cc1)c1cccc(C)n1. The molecule has 1 atom stereocenters. The predicted molar refractivity (Wildman–Crippen MR) is 87.5 cm³/mol. The Morgan fingerprint density at radius 1 is 1.14 bits per heavy atom. The fraction of sp³-hybridized carbons (Fsp3) is 0.421. The average Bonchev–Trinajstić information content (AvgIpc) is 2.44. The molecule has 0 radical (unpaired) electrons. The van der Waals surface area contributed by atoms with Crippen molar-refractivity contribution in [1.29, 1.82) is 0 Å². The highest BCUT2D eigenvalue weighted by Crippen LogP contribution is 2.36. The van der Waals surface area contributed by atoms with E-state index in [4.69, 9.17) is 4.98 Å². The molecule has 1 saturated carbocycles. The second kappa shape index (κ2) is 6.40. The van der Waals surface area contributed by atoms with Crippen molar-refractivity contribution in [1.82, 2.24) is 10.3 Å². The second-order valence-electron chi connectivity index (χ2n) is 5.99. The van der Waals surface area contributed by atoms with E-state index < -0.39 is 0 Å². The van der Waals surface area contributed by atoms with E-state index in [0.29, 0.717) is 0 Å². The highest BCUT2D eigenvalue weighted by atomic mass is 14.9. The van der Waals surface area contributed by atoms with Crippen LogP contribution in [0.1, 0.15) is 60.7 Å². The molecule has 0 amide bonds. The number of aryl methyl sites for hydroxylation is 1. The van der Waals surface area contributed by atoms with Crippen LogP contribution in [0.15, 0.2) is 42.5 Å². The van der Waals surface area contributed by atoms with Crippen LogP contribution in [0.2, 0.25) is 0 Å². The summed E-state index contributed by atoms with van der Waals surface area (Å²) in [4.78, 5) is 4.69. The number of benzene rings is 1. The third-order valence-electron chi connectivity index (χ3n) is 4.46. The Bertz CT molecular complexity index is 585. The highest BCUT2D eigenvalue weighted by molar-refractivity contribution is 5.33. The Balaban J connectivity index is 1.86. The summed E-state index contributed by atoms with van der Waals surface area (Å²) >= 11 is 0. The van der Waals surface area contributed by atoms with Crippen LogP contribution in [0.4, 0.5) is 0 Å². The quantitative estimate of drug-likeness (QED) is 0.880. The maximum atomic E-state index is 4.69. The molecular weight excluding hydrogens is 256 g/mol. The van der Waals surface area contributed by atoms with E-state index in [-0.39, 0.29) is 6.04 Å². The van der Waals surface area contributed by atoms with Gasteiger partial charge in [0.25, 0.3) is 0 Å². The Kier molecular flexibility index (Phi) is 4.35. The van der Waals surface area contributed by atoms with Gasteiger partial charge in [-0.15, -0.1) is 0 Å². The van der Waals surface area contributed by atoms with E-state index in [9.17, 15) is 0 Å². The van der Waals surface area contributed by atoms with Crippen LogP contribution in [0.5, 0.6) is 0 Å². The van der Waals surface area contributed by atoms with Gasteiger partial charge in [-0.2, -0.15) is 0 Å². The fourth-order valence-corrected chi connectivity index (χ4v) is 3.02. The molecule has 1 aromatic carbocycles. The van der Waals surface area contributed by atoms with Crippen LogP contribution in [0, 0.1) is 6.92 Å². The van der Waals surface area contributed by atoms with Gasteiger partial charge in [0.15, 0.2) is 0 Å².